The number of ether oxygens (including phenoxy) is 3. The van der Waals surface area contributed by atoms with Gasteiger partial charge in [-0.3, -0.25) is 9.69 Å². The molecule has 9 nitrogen and oxygen atoms in total. The Morgan fingerprint density at radius 2 is 1.79 bits per heavy atom. The Morgan fingerprint density at radius 3 is 2.42 bits per heavy atom. The summed E-state index contributed by atoms with van der Waals surface area (Å²) in [7, 11) is -1.83. The SMILES string of the molecule is CCCN(C(C)CN1CC(c2ccc3c(c2)OCO3)C(C(=O)O)C1c1ccc(OC)cc1)S(=O)(=O)CCC. The van der Waals surface area contributed by atoms with Crippen LogP contribution in [0.4, 0.5) is 0 Å². The summed E-state index contributed by atoms with van der Waals surface area (Å²) in [5.41, 5.74) is 1.71. The Bertz CT molecular complexity index is 1220. The summed E-state index contributed by atoms with van der Waals surface area (Å²) in [6, 6.07) is 12.3. The third kappa shape index (κ3) is 5.77. The number of likely N-dealkylation sites (tertiary alicyclic amines) is 1. The number of hydrogen-bond donors (Lipinski definition) is 1. The average molecular weight is 547 g/mol. The van der Waals surface area contributed by atoms with Crippen molar-refractivity contribution in [1.29, 1.82) is 0 Å². The maximum atomic E-state index is 13.1. The minimum absolute atomic E-state index is 0.0941. The van der Waals surface area contributed by atoms with Crippen molar-refractivity contribution < 1.29 is 32.5 Å². The number of sulfonamides is 1. The van der Waals surface area contributed by atoms with Gasteiger partial charge in [-0.05, 0) is 55.2 Å². The Hall–Kier alpha value is -2.82. The lowest BCUT2D eigenvalue weighted by atomic mass is 9.82. The molecule has 10 heteroatoms. The number of benzene rings is 2. The molecular formula is C28H38N2O7S. The molecule has 4 unspecified atom stereocenters. The Kier molecular flexibility index (Phi) is 8.85. The largest absolute Gasteiger partial charge is 0.497 e. The average Bonchev–Trinajstić information content (AvgIpc) is 3.51. The number of aliphatic carboxylic acids is 1. The number of methoxy groups -OCH3 is 1. The molecule has 2 aromatic rings. The van der Waals surface area contributed by atoms with Crippen LogP contribution in [0.1, 0.15) is 56.7 Å². The standard InChI is InChI=1S/C28H38N2O7S/c1-5-13-30(38(33,34)14-6-2)19(3)16-29-17-23(21-9-12-24-25(15-21)37-18-36-24)26(28(31)32)27(29)20-7-10-22(35-4)11-8-20/h7-12,15,19,23,26-27H,5-6,13-14,16-18H2,1-4H3,(H,31,32). The van der Waals surface area contributed by atoms with E-state index in [2.05, 4.69) is 4.90 Å². The molecule has 2 aromatic carbocycles. The summed E-state index contributed by atoms with van der Waals surface area (Å²) in [6.45, 7) is 7.18. The molecule has 0 amide bonds. The van der Waals surface area contributed by atoms with E-state index in [4.69, 9.17) is 14.2 Å². The van der Waals surface area contributed by atoms with Crippen molar-refractivity contribution in [2.24, 2.45) is 5.92 Å². The van der Waals surface area contributed by atoms with Gasteiger partial charge in [-0.1, -0.05) is 32.0 Å². The fourth-order valence-corrected chi connectivity index (χ4v) is 7.58. The van der Waals surface area contributed by atoms with E-state index in [1.54, 1.807) is 11.4 Å². The molecule has 0 aromatic heterocycles. The molecule has 0 spiro atoms. The minimum Gasteiger partial charge on any atom is -0.497 e. The van der Waals surface area contributed by atoms with Crippen molar-refractivity contribution in [3.8, 4) is 17.2 Å². The molecule has 0 radical (unpaired) electrons. The minimum atomic E-state index is -3.43. The summed E-state index contributed by atoms with van der Waals surface area (Å²) in [5, 5.41) is 10.5. The van der Waals surface area contributed by atoms with Crippen molar-refractivity contribution in [3.05, 3.63) is 53.6 Å². The molecule has 1 fully saturated rings. The molecule has 38 heavy (non-hydrogen) atoms. The van der Waals surface area contributed by atoms with Crippen LogP contribution in [0.5, 0.6) is 17.2 Å². The van der Waals surface area contributed by atoms with E-state index >= 15 is 0 Å². The Morgan fingerprint density at radius 1 is 1.11 bits per heavy atom. The van der Waals surface area contributed by atoms with Crippen molar-refractivity contribution in [3.63, 3.8) is 0 Å². The fraction of sp³-hybridized carbons (Fsp3) is 0.536. The zero-order valence-electron chi connectivity index (χ0n) is 22.5. The van der Waals surface area contributed by atoms with E-state index in [1.165, 1.54) is 0 Å². The first kappa shape index (κ1) is 28.2. The summed E-state index contributed by atoms with van der Waals surface area (Å²) in [4.78, 5) is 15.0. The molecule has 0 saturated carbocycles. The van der Waals surface area contributed by atoms with Gasteiger partial charge in [-0.15, -0.1) is 0 Å². The van der Waals surface area contributed by atoms with E-state index in [0.29, 0.717) is 49.7 Å². The van der Waals surface area contributed by atoms with Crippen molar-refractivity contribution in [2.75, 3.05) is 39.3 Å². The second kappa shape index (κ2) is 11.9. The summed E-state index contributed by atoms with van der Waals surface area (Å²) in [6.07, 6.45) is 1.24. The first-order valence-corrected chi connectivity index (χ1v) is 14.8. The first-order valence-electron chi connectivity index (χ1n) is 13.2. The lowest BCUT2D eigenvalue weighted by molar-refractivity contribution is -0.143. The normalized spacial score (nSPS) is 22.1. The van der Waals surface area contributed by atoms with Gasteiger partial charge >= 0.3 is 5.97 Å². The second-order valence-electron chi connectivity index (χ2n) is 10.0. The number of rotatable bonds is 12. The van der Waals surface area contributed by atoms with E-state index in [-0.39, 0.29) is 24.5 Å². The zero-order chi connectivity index (χ0) is 27.4. The van der Waals surface area contributed by atoms with Gasteiger partial charge in [-0.2, -0.15) is 4.31 Å². The first-order chi connectivity index (χ1) is 18.2. The quantitative estimate of drug-likeness (QED) is 0.424. The molecule has 208 valence electrons. The highest BCUT2D eigenvalue weighted by molar-refractivity contribution is 7.89. The van der Waals surface area contributed by atoms with Crippen LogP contribution in [0.3, 0.4) is 0 Å². The number of carbonyl (C=O) groups is 1. The summed E-state index contributed by atoms with van der Waals surface area (Å²) in [5.74, 6) is 0.0669. The number of carboxylic acid groups (broad SMARTS) is 1. The molecule has 1 saturated heterocycles. The third-order valence-corrected chi connectivity index (χ3v) is 9.60. The lowest BCUT2D eigenvalue weighted by Gasteiger charge is -2.34. The monoisotopic (exact) mass is 546 g/mol. The van der Waals surface area contributed by atoms with Gasteiger partial charge < -0.3 is 19.3 Å². The highest BCUT2D eigenvalue weighted by atomic mass is 32.2. The second-order valence-corrected chi connectivity index (χ2v) is 12.1. The van der Waals surface area contributed by atoms with Crippen LogP contribution in [-0.2, 0) is 14.8 Å². The predicted octanol–water partition coefficient (Wildman–Crippen LogP) is 4.11. The topological polar surface area (TPSA) is 106 Å². The molecule has 1 N–H and O–H groups in total. The predicted molar refractivity (Wildman–Crippen MR) is 144 cm³/mol. The number of hydrogen-bond acceptors (Lipinski definition) is 7. The van der Waals surface area contributed by atoms with Crippen LogP contribution in [0.2, 0.25) is 0 Å². The van der Waals surface area contributed by atoms with E-state index in [1.807, 2.05) is 63.2 Å². The Labute approximate surface area is 225 Å². The fourth-order valence-electron chi connectivity index (χ4n) is 5.76. The zero-order valence-corrected chi connectivity index (χ0v) is 23.3. The summed E-state index contributed by atoms with van der Waals surface area (Å²) >= 11 is 0. The van der Waals surface area contributed by atoms with E-state index < -0.39 is 28.0 Å². The van der Waals surface area contributed by atoms with E-state index in [0.717, 1.165) is 11.1 Å². The van der Waals surface area contributed by atoms with Crippen molar-refractivity contribution in [2.45, 2.75) is 51.6 Å². The molecule has 4 atom stereocenters. The number of nitrogens with zero attached hydrogens (tertiary/aromatic N) is 2. The molecule has 0 bridgehead atoms. The van der Waals surface area contributed by atoms with Crippen molar-refractivity contribution >= 4 is 16.0 Å². The number of fused-ring (bicyclic) bond motifs is 1. The van der Waals surface area contributed by atoms with Crippen LogP contribution >= 0.6 is 0 Å². The van der Waals surface area contributed by atoms with Crippen LogP contribution < -0.4 is 14.2 Å². The summed E-state index contributed by atoms with van der Waals surface area (Å²) < 4.78 is 44.1. The van der Waals surface area contributed by atoms with Gasteiger partial charge in [0.2, 0.25) is 16.8 Å². The maximum Gasteiger partial charge on any atom is 0.309 e. The number of carboxylic acids is 1. The molecule has 2 heterocycles. The smallest absolute Gasteiger partial charge is 0.309 e. The third-order valence-electron chi connectivity index (χ3n) is 7.42. The van der Waals surface area contributed by atoms with Crippen LogP contribution in [0.15, 0.2) is 42.5 Å². The van der Waals surface area contributed by atoms with Crippen LogP contribution in [0.25, 0.3) is 0 Å². The molecule has 0 aliphatic carbocycles. The highest BCUT2D eigenvalue weighted by Crippen LogP contribution is 2.48. The lowest BCUT2D eigenvalue weighted by Crippen LogP contribution is -2.46. The Balaban J connectivity index is 1.72. The van der Waals surface area contributed by atoms with Crippen LogP contribution in [0, 0.1) is 5.92 Å². The highest BCUT2D eigenvalue weighted by Gasteiger charge is 2.48. The molecular weight excluding hydrogens is 508 g/mol. The van der Waals surface area contributed by atoms with Gasteiger partial charge in [-0.25, -0.2) is 8.42 Å². The van der Waals surface area contributed by atoms with Crippen LogP contribution in [-0.4, -0.2) is 74.0 Å². The van der Waals surface area contributed by atoms with Gasteiger partial charge in [0.1, 0.15) is 5.75 Å². The van der Waals surface area contributed by atoms with E-state index in [9.17, 15) is 18.3 Å². The van der Waals surface area contributed by atoms with Gasteiger partial charge in [0.05, 0.1) is 18.8 Å². The van der Waals surface area contributed by atoms with Gasteiger partial charge in [0, 0.05) is 37.6 Å². The molecule has 2 aliphatic rings. The van der Waals surface area contributed by atoms with Crippen molar-refractivity contribution in [1.82, 2.24) is 9.21 Å². The van der Waals surface area contributed by atoms with Gasteiger partial charge in [0.25, 0.3) is 0 Å². The van der Waals surface area contributed by atoms with Gasteiger partial charge in [0.15, 0.2) is 11.5 Å². The molecule has 4 rings (SSSR count). The maximum absolute atomic E-state index is 13.1. The molecule has 2 aliphatic heterocycles.